The standard InChI is InChI=1S/C7H10N2O2/c1-7(2,3)6-8-5(4-10)9-11-6/h4H,1-3H3. The van der Waals surface area contributed by atoms with Crippen LogP contribution in [0.2, 0.25) is 0 Å². The Morgan fingerprint density at radius 3 is 2.36 bits per heavy atom. The van der Waals surface area contributed by atoms with Crippen molar-refractivity contribution >= 4 is 6.29 Å². The third kappa shape index (κ3) is 1.63. The Morgan fingerprint density at radius 2 is 2.09 bits per heavy atom. The maximum absolute atomic E-state index is 10.2. The van der Waals surface area contributed by atoms with E-state index in [2.05, 4.69) is 10.1 Å². The lowest BCUT2D eigenvalue weighted by molar-refractivity contribution is 0.111. The number of hydrogen-bond acceptors (Lipinski definition) is 4. The molecule has 1 aromatic heterocycles. The highest BCUT2D eigenvalue weighted by atomic mass is 16.5. The zero-order valence-corrected chi connectivity index (χ0v) is 6.79. The summed E-state index contributed by atoms with van der Waals surface area (Å²) in [6, 6.07) is 0. The van der Waals surface area contributed by atoms with Crippen LogP contribution in [-0.4, -0.2) is 16.4 Å². The highest BCUT2D eigenvalue weighted by Gasteiger charge is 2.21. The summed E-state index contributed by atoms with van der Waals surface area (Å²) < 4.78 is 4.83. The summed E-state index contributed by atoms with van der Waals surface area (Å²) in [5.74, 6) is 0.592. The average molecular weight is 154 g/mol. The lowest BCUT2D eigenvalue weighted by Crippen LogP contribution is -2.11. The second-order valence-corrected chi connectivity index (χ2v) is 3.33. The van der Waals surface area contributed by atoms with Crippen molar-refractivity contribution in [2.75, 3.05) is 0 Å². The average Bonchev–Trinajstić information content (AvgIpc) is 2.32. The molecule has 0 aliphatic rings. The molecule has 0 spiro atoms. The summed E-state index contributed by atoms with van der Waals surface area (Å²) in [4.78, 5) is 14.0. The highest BCUT2D eigenvalue weighted by molar-refractivity contribution is 5.68. The monoisotopic (exact) mass is 154 g/mol. The van der Waals surface area contributed by atoms with Crippen LogP contribution in [0, 0.1) is 0 Å². The Balaban J connectivity index is 2.98. The number of carbonyl (C=O) groups excluding carboxylic acids is 1. The van der Waals surface area contributed by atoms with Crippen molar-refractivity contribution in [1.82, 2.24) is 10.1 Å². The largest absolute Gasteiger partial charge is 0.338 e. The molecule has 0 atom stereocenters. The Morgan fingerprint density at radius 1 is 1.45 bits per heavy atom. The number of aldehydes is 1. The number of nitrogens with zero attached hydrogens (tertiary/aromatic N) is 2. The van der Waals surface area contributed by atoms with Crippen LogP contribution < -0.4 is 0 Å². The van der Waals surface area contributed by atoms with E-state index in [0.717, 1.165) is 0 Å². The van der Waals surface area contributed by atoms with Crippen LogP contribution in [0.1, 0.15) is 37.3 Å². The van der Waals surface area contributed by atoms with E-state index >= 15 is 0 Å². The molecule has 1 rings (SSSR count). The van der Waals surface area contributed by atoms with Crippen LogP contribution in [-0.2, 0) is 5.41 Å². The Kier molecular flexibility index (Phi) is 1.76. The predicted octanol–water partition coefficient (Wildman–Crippen LogP) is 1.18. The maximum Gasteiger partial charge on any atom is 0.235 e. The first-order valence-corrected chi connectivity index (χ1v) is 3.33. The minimum Gasteiger partial charge on any atom is -0.338 e. The van der Waals surface area contributed by atoms with Crippen molar-refractivity contribution in [3.05, 3.63) is 11.7 Å². The van der Waals surface area contributed by atoms with Crippen molar-refractivity contribution < 1.29 is 9.32 Å². The molecule has 0 N–H and O–H groups in total. The van der Waals surface area contributed by atoms with E-state index in [1.807, 2.05) is 20.8 Å². The topological polar surface area (TPSA) is 56.0 Å². The van der Waals surface area contributed by atoms with Gasteiger partial charge < -0.3 is 4.52 Å². The summed E-state index contributed by atoms with van der Waals surface area (Å²) in [5.41, 5.74) is -0.186. The van der Waals surface area contributed by atoms with Gasteiger partial charge in [-0.05, 0) is 0 Å². The van der Waals surface area contributed by atoms with Gasteiger partial charge in [-0.1, -0.05) is 25.9 Å². The number of carbonyl (C=O) groups is 1. The molecule has 0 aliphatic heterocycles. The molecule has 0 bridgehead atoms. The zero-order chi connectivity index (χ0) is 8.48. The molecule has 0 unspecified atom stereocenters. The second-order valence-electron chi connectivity index (χ2n) is 3.33. The van der Waals surface area contributed by atoms with E-state index < -0.39 is 0 Å². The first kappa shape index (κ1) is 7.91. The summed E-state index contributed by atoms with van der Waals surface area (Å²) in [7, 11) is 0. The molecule has 4 heteroatoms. The molecule has 0 saturated carbocycles. The zero-order valence-electron chi connectivity index (χ0n) is 6.79. The van der Waals surface area contributed by atoms with Gasteiger partial charge in [0.15, 0.2) is 6.29 Å². The van der Waals surface area contributed by atoms with E-state index in [9.17, 15) is 4.79 Å². The van der Waals surface area contributed by atoms with Gasteiger partial charge in [-0.2, -0.15) is 4.98 Å². The molecule has 1 heterocycles. The summed E-state index contributed by atoms with van der Waals surface area (Å²) in [6.07, 6.45) is 0.568. The molecule has 0 saturated heterocycles. The van der Waals surface area contributed by atoms with Crippen LogP contribution in [0.15, 0.2) is 4.52 Å². The molecule has 0 aliphatic carbocycles. The van der Waals surface area contributed by atoms with Crippen LogP contribution in [0.5, 0.6) is 0 Å². The minimum absolute atomic E-state index is 0.106. The number of rotatable bonds is 1. The third-order valence-electron chi connectivity index (χ3n) is 1.19. The van der Waals surface area contributed by atoms with Crippen molar-refractivity contribution in [1.29, 1.82) is 0 Å². The van der Waals surface area contributed by atoms with Crippen molar-refractivity contribution in [3.63, 3.8) is 0 Å². The second kappa shape index (κ2) is 2.45. The Bertz CT molecular complexity index is 260. The van der Waals surface area contributed by atoms with Crippen LogP contribution in [0.25, 0.3) is 0 Å². The molecule has 4 nitrogen and oxygen atoms in total. The minimum atomic E-state index is -0.186. The van der Waals surface area contributed by atoms with Gasteiger partial charge in [0.05, 0.1) is 0 Å². The summed E-state index contributed by atoms with van der Waals surface area (Å²) >= 11 is 0. The van der Waals surface area contributed by atoms with Gasteiger partial charge in [0.1, 0.15) is 0 Å². The molecule has 60 valence electrons. The van der Waals surface area contributed by atoms with E-state index in [0.29, 0.717) is 12.2 Å². The van der Waals surface area contributed by atoms with Gasteiger partial charge in [-0.3, -0.25) is 4.79 Å². The quantitative estimate of drug-likeness (QED) is 0.570. The molecule has 0 aromatic carbocycles. The lowest BCUT2D eigenvalue weighted by atomic mass is 9.97. The molecule has 0 amide bonds. The van der Waals surface area contributed by atoms with Crippen molar-refractivity contribution in [3.8, 4) is 0 Å². The van der Waals surface area contributed by atoms with Gasteiger partial charge >= 0.3 is 0 Å². The molecular formula is C7H10N2O2. The SMILES string of the molecule is CC(C)(C)c1nc(C=O)no1. The highest BCUT2D eigenvalue weighted by Crippen LogP contribution is 2.18. The summed E-state index contributed by atoms with van der Waals surface area (Å²) in [5, 5.41) is 3.45. The van der Waals surface area contributed by atoms with Gasteiger partial charge in [0.25, 0.3) is 0 Å². The van der Waals surface area contributed by atoms with E-state index in [1.54, 1.807) is 0 Å². The molecular weight excluding hydrogens is 144 g/mol. The van der Waals surface area contributed by atoms with Crippen molar-refractivity contribution in [2.24, 2.45) is 0 Å². The number of aromatic nitrogens is 2. The van der Waals surface area contributed by atoms with Gasteiger partial charge in [-0.15, -0.1) is 0 Å². The first-order valence-electron chi connectivity index (χ1n) is 3.33. The van der Waals surface area contributed by atoms with Crippen molar-refractivity contribution in [2.45, 2.75) is 26.2 Å². The fourth-order valence-electron chi connectivity index (χ4n) is 0.587. The number of hydrogen-bond donors (Lipinski definition) is 0. The Labute approximate surface area is 64.6 Å². The third-order valence-corrected chi connectivity index (χ3v) is 1.19. The van der Waals surface area contributed by atoms with Crippen LogP contribution in [0.4, 0.5) is 0 Å². The van der Waals surface area contributed by atoms with Gasteiger partial charge in [0.2, 0.25) is 11.7 Å². The lowest BCUT2D eigenvalue weighted by Gasteiger charge is -2.10. The molecule has 0 radical (unpaired) electrons. The van der Waals surface area contributed by atoms with Crippen LogP contribution >= 0.6 is 0 Å². The first-order chi connectivity index (χ1) is 5.04. The Hall–Kier alpha value is -1.19. The van der Waals surface area contributed by atoms with E-state index in [4.69, 9.17) is 4.52 Å². The van der Waals surface area contributed by atoms with E-state index in [1.165, 1.54) is 0 Å². The van der Waals surface area contributed by atoms with Gasteiger partial charge in [0, 0.05) is 5.41 Å². The predicted molar refractivity (Wildman–Crippen MR) is 38.4 cm³/mol. The molecule has 0 fully saturated rings. The fourth-order valence-corrected chi connectivity index (χ4v) is 0.587. The normalized spacial score (nSPS) is 11.5. The molecule has 11 heavy (non-hydrogen) atoms. The van der Waals surface area contributed by atoms with Gasteiger partial charge in [-0.25, -0.2) is 0 Å². The maximum atomic E-state index is 10.2. The van der Waals surface area contributed by atoms with Crippen LogP contribution in [0.3, 0.4) is 0 Å². The smallest absolute Gasteiger partial charge is 0.235 e. The summed E-state index contributed by atoms with van der Waals surface area (Å²) in [6.45, 7) is 5.82. The fraction of sp³-hybridized carbons (Fsp3) is 0.571. The van der Waals surface area contributed by atoms with E-state index in [-0.39, 0.29) is 11.2 Å². The molecule has 1 aromatic rings.